The molecule has 17 heavy (non-hydrogen) atoms. The Morgan fingerprint density at radius 1 is 1.47 bits per heavy atom. The molecule has 1 aliphatic heterocycles. The Labute approximate surface area is 101 Å². The van der Waals surface area contributed by atoms with Crippen LogP contribution in [-0.4, -0.2) is 17.7 Å². The third kappa shape index (κ3) is 2.97. The lowest BCUT2D eigenvalue weighted by molar-refractivity contribution is -0.141. The van der Waals surface area contributed by atoms with Crippen LogP contribution in [0, 0.1) is 0 Å². The normalized spacial score (nSPS) is 21.1. The fourth-order valence-corrected chi connectivity index (χ4v) is 2.88. The first-order valence-electron chi connectivity index (χ1n) is 5.38. The van der Waals surface area contributed by atoms with E-state index >= 15 is 0 Å². The first-order chi connectivity index (χ1) is 8.00. The molecule has 1 aliphatic rings. The number of thiazole rings is 1. The van der Waals surface area contributed by atoms with Gasteiger partial charge in [-0.3, -0.25) is 0 Å². The third-order valence-electron chi connectivity index (χ3n) is 2.62. The Morgan fingerprint density at radius 3 is 2.71 bits per heavy atom. The summed E-state index contributed by atoms with van der Waals surface area (Å²) in [6.45, 7) is 0.559. The van der Waals surface area contributed by atoms with Crippen molar-refractivity contribution in [3.05, 3.63) is 15.6 Å². The Morgan fingerprint density at radius 2 is 2.24 bits per heavy atom. The van der Waals surface area contributed by atoms with Gasteiger partial charge in [-0.2, -0.15) is 13.2 Å². The molecule has 3 nitrogen and oxygen atoms in total. The average molecular weight is 266 g/mol. The van der Waals surface area contributed by atoms with Crippen LogP contribution in [0.2, 0.25) is 0 Å². The molecule has 1 atom stereocenters. The average Bonchev–Trinajstić information content (AvgIpc) is 2.86. The molecule has 2 heterocycles. The highest BCUT2D eigenvalue weighted by Crippen LogP contribution is 2.34. The molecule has 1 fully saturated rings. The smallest absolute Gasteiger partial charge is 0.378 e. The van der Waals surface area contributed by atoms with Crippen LogP contribution in [0.5, 0.6) is 0 Å². The summed E-state index contributed by atoms with van der Waals surface area (Å²) in [5, 5.41) is 0.463. The van der Waals surface area contributed by atoms with Crippen LogP contribution in [0.1, 0.15) is 28.4 Å². The maximum absolute atomic E-state index is 12.6. The van der Waals surface area contributed by atoms with Crippen molar-refractivity contribution in [3.8, 4) is 0 Å². The molecule has 1 aromatic heterocycles. The summed E-state index contributed by atoms with van der Waals surface area (Å²) in [5.41, 5.74) is 4.47. The van der Waals surface area contributed by atoms with Gasteiger partial charge in [-0.1, -0.05) is 0 Å². The topological polar surface area (TPSA) is 48.1 Å². The van der Waals surface area contributed by atoms with E-state index in [1.807, 2.05) is 0 Å². The summed E-state index contributed by atoms with van der Waals surface area (Å²) < 4.78 is 43.2. The second-order valence-electron chi connectivity index (χ2n) is 3.92. The maximum atomic E-state index is 12.6. The van der Waals surface area contributed by atoms with Crippen LogP contribution in [0.3, 0.4) is 0 Å². The highest BCUT2D eigenvalue weighted by Gasteiger charge is 2.37. The van der Waals surface area contributed by atoms with Crippen molar-refractivity contribution in [2.75, 3.05) is 6.61 Å². The van der Waals surface area contributed by atoms with Crippen molar-refractivity contribution < 1.29 is 17.9 Å². The van der Waals surface area contributed by atoms with Gasteiger partial charge in [0.2, 0.25) is 0 Å². The molecule has 96 valence electrons. The molecule has 7 heteroatoms. The molecular weight excluding hydrogens is 253 g/mol. The SMILES string of the molecule is NCc1sc(CC2CCCO2)nc1C(F)(F)F. The van der Waals surface area contributed by atoms with Gasteiger partial charge in [0.25, 0.3) is 0 Å². The first-order valence-corrected chi connectivity index (χ1v) is 6.20. The standard InChI is InChI=1S/C10H13F3N2OS/c11-10(12,13)9-7(5-14)17-8(15-9)4-6-2-1-3-16-6/h6H,1-5,14H2. The quantitative estimate of drug-likeness (QED) is 0.913. The molecule has 1 aromatic rings. The van der Waals surface area contributed by atoms with Crippen LogP contribution in [0.25, 0.3) is 0 Å². The van der Waals surface area contributed by atoms with Gasteiger partial charge in [-0.05, 0) is 12.8 Å². The highest BCUT2D eigenvalue weighted by atomic mass is 32.1. The molecule has 0 spiro atoms. The summed E-state index contributed by atoms with van der Waals surface area (Å²) in [6.07, 6.45) is -2.11. The summed E-state index contributed by atoms with van der Waals surface area (Å²) in [7, 11) is 0. The van der Waals surface area contributed by atoms with Gasteiger partial charge >= 0.3 is 6.18 Å². The van der Waals surface area contributed by atoms with E-state index in [1.165, 1.54) is 0 Å². The van der Waals surface area contributed by atoms with Crippen molar-refractivity contribution in [1.29, 1.82) is 0 Å². The molecule has 1 saturated heterocycles. The molecule has 1 unspecified atom stereocenters. The van der Waals surface area contributed by atoms with E-state index in [9.17, 15) is 13.2 Å². The van der Waals surface area contributed by atoms with E-state index in [0.717, 1.165) is 24.2 Å². The van der Waals surface area contributed by atoms with Crippen LogP contribution in [0.15, 0.2) is 0 Å². The molecule has 0 radical (unpaired) electrons. The van der Waals surface area contributed by atoms with Crippen LogP contribution < -0.4 is 5.73 Å². The lowest BCUT2D eigenvalue weighted by atomic mass is 10.2. The summed E-state index contributed by atoms with van der Waals surface area (Å²) in [5.74, 6) is 0. The minimum absolute atomic E-state index is 0.00728. The fraction of sp³-hybridized carbons (Fsp3) is 0.700. The number of alkyl halides is 3. The van der Waals surface area contributed by atoms with Crippen LogP contribution >= 0.6 is 11.3 Å². The molecular formula is C10H13F3N2OS. The van der Waals surface area contributed by atoms with Crippen molar-refractivity contribution in [1.82, 2.24) is 4.98 Å². The van der Waals surface area contributed by atoms with Gasteiger partial charge < -0.3 is 10.5 Å². The van der Waals surface area contributed by atoms with Crippen molar-refractivity contribution in [2.24, 2.45) is 5.73 Å². The number of hydrogen-bond acceptors (Lipinski definition) is 4. The Hall–Kier alpha value is -0.660. The van der Waals surface area contributed by atoms with Gasteiger partial charge in [0.1, 0.15) is 0 Å². The fourth-order valence-electron chi connectivity index (χ4n) is 1.85. The van der Waals surface area contributed by atoms with Crippen molar-refractivity contribution in [3.63, 3.8) is 0 Å². The summed E-state index contributed by atoms with van der Waals surface area (Å²) in [4.78, 5) is 3.75. The highest BCUT2D eigenvalue weighted by molar-refractivity contribution is 7.11. The minimum Gasteiger partial charge on any atom is -0.378 e. The Kier molecular flexibility index (Phi) is 3.70. The van der Waals surface area contributed by atoms with E-state index in [1.54, 1.807) is 0 Å². The van der Waals surface area contributed by atoms with Crippen molar-refractivity contribution in [2.45, 2.75) is 38.1 Å². The van der Waals surface area contributed by atoms with Crippen molar-refractivity contribution >= 4 is 11.3 Å². The van der Waals surface area contributed by atoms with Gasteiger partial charge in [0.15, 0.2) is 5.69 Å². The van der Waals surface area contributed by atoms with Crippen LogP contribution in [-0.2, 0) is 23.9 Å². The number of halogens is 3. The number of hydrogen-bond donors (Lipinski definition) is 1. The largest absolute Gasteiger partial charge is 0.434 e. The maximum Gasteiger partial charge on any atom is 0.434 e. The van der Waals surface area contributed by atoms with Gasteiger partial charge in [0, 0.05) is 19.6 Å². The minimum atomic E-state index is -4.42. The molecule has 2 N–H and O–H groups in total. The number of rotatable bonds is 3. The van der Waals surface area contributed by atoms with E-state index in [0.29, 0.717) is 18.0 Å². The van der Waals surface area contributed by atoms with E-state index in [4.69, 9.17) is 10.5 Å². The Balaban J connectivity index is 2.15. The second-order valence-corrected chi connectivity index (χ2v) is 5.09. The van der Waals surface area contributed by atoms with Gasteiger partial charge in [-0.25, -0.2) is 4.98 Å². The van der Waals surface area contributed by atoms with Gasteiger partial charge in [0.05, 0.1) is 16.0 Å². The molecule has 0 aliphatic carbocycles. The van der Waals surface area contributed by atoms with E-state index < -0.39 is 11.9 Å². The summed E-state index contributed by atoms with van der Waals surface area (Å²) in [6, 6.07) is 0. The Bertz CT molecular complexity index is 385. The zero-order chi connectivity index (χ0) is 12.5. The zero-order valence-corrected chi connectivity index (χ0v) is 9.90. The number of nitrogens with zero attached hydrogens (tertiary/aromatic N) is 1. The first kappa shape index (κ1) is 12.8. The monoisotopic (exact) mass is 266 g/mol. The molecule has 0 saturated carbocycles. The lowest BCUT2D eigenvalue weighted by Crippen LogP contribution is -2.12. The lowest BCUT2D eigenvalue weighted by Gasteiger charge is -2.05. The number of aromatic nitrogens is 1. The number of nitrogens with two attached hydrogens (primary N) is 1. The van der Waals surface area contributed by atoms with Crippen LogP contribution in [0.4, 0.5) is 13.2 Å². The summed E-state index contributed by atoms with van der Waals surface area (Å²) >= 11 is 1.04. The molecule has 0 bridgehead atoms. The van der Waals surface area contributed by atoms with Gasteiger partial charge in [-0.15, -0.1) is 11.3 Å². The van der Waals surface area contributed by atoms with E-state index in [-0.39, 0.29) is 17.5 Å². The predicted molar refractivity (Wildman–Crippen MR) is 57.7 cm³/mol. The van der Waals surface area contributed by atoms with E-state index in [2.05, 4.69) is 4.98 Å². The molecule has 2 rings (SSSR count). The molecule has 0 aromatic carbocycles. The third-order valence-corrected chi connectivity index (χ3v) is 3.72. The predicted octanol–water partition coefficient (Wildman–Crippen LogP) is 2.34. The molecule has 0 amide bonds. The zero-order valence-electron chi connectivity index (χ0n) is 9.09. The number of ether oxygens (including phenoxy) is 1. The second kappa shape index (κ2) is 4.91.